The predicted molar refractivity (Wildman–Crippen MR) is 132 cm³/mol. The minimum absolute atomic E-state index is 0.0181. The number of nitrogens with one attached hydrogen (secondary N) is 1. The lowest BCUT2D eigenvalue weighted by molar-refractivity contribution is -0.192. The Balaban J connectivity index is 0.000000638. The van der Waals surface area contributed by atoms with Gasteiger partial charge in [-0.1, -0.05) is 23.2 Å². The summed E-state index contributed by atoms with van der Waals surface area (Å²) in [6.07, 6.45) is -4.16. The first-order valence-electron chi connectivity index (χ1n) is 11.3. The minimum atomic E-state index is -5.08. The summed E-state index contributed by atoms with van der Waals surface area (Å²) in [7, 11) is 0. The first-order chi connectivity index (χ1) is 17.7. The number of β-amino-alcohol motifs (C(OH)–C–C–N with tert-alkyl or cyclic N) is 1. The van der Waals surface area contributed by atoms with E-state index < -0.39 is 24.1 Å². The Bertz CT molecular complexity index is 1100. The number of likely N-dealkylation sites (tertiary alicyclic amines) is 1. The number of ether oxygens (including phenoxy) is 2. The highest BCUT2D eigenvalue weighted by Gasteiger charge is 2.38. The summed E-state index contributed by atoms with van der Waals surface area (Å²) in [6.45, 7) is 3.29. The number of carboxylic acid groups (broad SMARTS) is 1. The molecule has 1 amide bonds. The number of carboxylic acids is 1. The van der Waals surface area contributed by atoms with Crippen LogP contribution in [0, 0.1) is 5.82 Å². The van der Waals surface area contributed by atoms with Crippen LogP contribution in [0.2, 0.25) is 10.0 Å². The van der Waals surface area contributed by atoms with Gasteiger partial charge in [0.25, 0.3) is 0 Å². The second-order valence-electron chi connectivity index (χ2n) is 8.28. The fraction of sp³-hybridized carbons (Fsp3) is 0.417. The lowest BCUT2D eigenvalue weighted by Crippen LogP contribution is -2.43. The molecule has 210 valence electrons. The smallest absolute Gasteiger partial charge is 0.490 e. The Labute approximate surface area is 226 Å². The van der Waals surface area contributed by atoms with Crippen LogP contribution in [0.15, 0.2) is 36.4 Å². The number of piperidine rings is 1. The number of aliphatic carboxylic acids is 1. The second-order valence-corrected chi connectivity index (χ2v) is 9.10. The SMILES string of the molecule is CC(=O)Nc1ccc(F)cc1OC[C@@H](O)CN1CCC(Oc2ccc(Cl)c(Cl)c2)CC1.O=C(O)C(F)(F)F. The zero-order valence-electron chi connectivity index (χ0n) is 20.1. The molecule has 38 heavy (non-hydrogen) atoms. The van der Waals surface area contributed by atoms with Crippen molar-refractivity contribution < 1.29 is 46.8 Å². The van der Waals surface area contributed by atoms with Crippen molar-refractivity contribution in [2.24, 2.45) is 0 Å². The molecule has 1 aliphatic rings. The third-order valence-corrected chi connectivity index (χ3v) is 5.86. The van der Waals surface area contributed by atoms with Gasteiger partial charge in [-0.25, -0.2) is 9.18 Å². The largest absolute Gasteiger partial charge is 0.490 e. The average Bonchev–Trinajstić information content (AvgIpc) is 2.82. The van der Waals surface area contributed by atoms with E-state index >= 15 is 0 Å². The molecule has 1 heterocycles. The van der Waals surface area contributed by atoms with Crippen molar-refractivity contribution in [1.82, 2.24) is 4.90 Å². The van der Waals surface area contributed by atoms with E-state index in [2.05, 4.69) is 10.2 Å². The number of aliphatic hydroxyl groups is 1. The van der Waals surface area contributed by atoms with Crippen LogP contribution in [0.1, 0.15) is 19.8 Å². The van der Waals surface area contributed by atoms with Gasteiger partial charge in [0, 0.05) is 38.7 Å². The van der Waals surface area contributed by atoms with E-state index in [0.29, 0.717) is 28.0 Å². The predicted octanol–water partition coefficient (Wildman–Crippen LogP) is 5.01. The molecule has 14 heteroatoms. The van der Waals surface area contributed by atoms with Gasteiger partial charge in [0.05, 0.1) is 15.7 Å². The molecule has 1 atom stereocenters. The van der Waals surface area contributed by atoms with Crippen LogP contribution >= 0.6 is 23.2 Å². The summed E-state index contributed by atoms with van der Waals surface area (Å²) in [4.78, 5) is 22.3. The van der Waals surface area contributed by atoms with E-state index in [0.717, 1.165) is 25.9 Å². The Kier molecular flexibility index (Phi) is 11.9. The molecule has 0 aromatic heterocycles. The van der Waals surface area contributed by atoms with Crippen LogP contribution in [-0.2, 0) is 9.59 Å². The van der Waals surface area contributed by atoms with Crippen LogP contribution < -0.4 is 14.8 Å². The van der Waals surface area contributed by atoms with Crippen LogP contribution in [0.25, 0.3) is 0 Å². The van der Waals surface area contributed by atoms with Crippen molar-refractivity contribution in [2.45, 2.75) is 38.1 Å². The molecular formula is C24H26Cl2F4N2O6. The van der Waals surface area contributed by atoms with Crippen molar-refractivity contribution in [3.8, 4) is 11.5 Å². The molecule has 0 saturated carbocycles. The summed E-state index contributed by atoms with van der Waals surface area (Å²) in [5.74, 6) is -2.66. The maximum atomic E-state index is 13.5. The summed E-state index contributed by atoms with van der Waals surface area (Å²) in [5, 5.41) is 21.0. The van der Waals surface area contributed by atoms with Gasteiger partial charge in [0.2, 0.25) is 5.91 Å². The van der Waals surface area contributed by atoms with Crippen molar-refractivity contribution in [3.63, 3.8) is 0 Å². The van der Waals surface area contributed by atoms with Gasteiger partial charge in [-0.15, -0.1) is 0 Å². The Hall–Kier alpha value is -2.80. The molecule has 0 radical (unpaired) electrons. The molecule has 0 spiro atoms. The molecule has 2 aromatic carbocycles. The van der Waals surface area contributed by atoms with Gasteiger partial charge in [-0.2, -0.15) is 13.2 Å². The fourth-order valence-corrected chi connectivity index (χ4v) is 3.69. The quantitative estimate of drug-likeness (QED) is 0.374. The number of hydrogen-bond donors (Lipinski definition) is 3. The highest BCUT2D eigenvalue weighted by molar-refractivity contribution is 6.42. The standard InChI is InChI=1S/C22H25Cl2FN2O4.C2HF3O2/c1-14(28)26-21-5-2-15(25)10-22(21)30-13-16(29)12-27-8-6-17(7-9-27)31-18-3-4-19(23)20(24)11-18;3-2(4,5)1(6)7/h2-5,10-11,16-17,29H,6-9,12-13H2,1H3,(H,26,28);(H,6,7)/t16-;/m0./s1. The third kappa shape index (κ3) is 10.9. The summed E-state index contributed by atoms with van der Waals surface area (Å²) in [6, 6.07) is 9.06. The van der Waals surface area contributed by atoms with Gasteiger partial charge in [0.1, 0.15) is 36.1 Å². The molecule has 8 nitrogen and oxygen atoms in total. The molecule has 0 bridgehead atoms. The minimum Gasteiger partial charge on any atom is -0.490 e. The van der Waals surface area contributed by atoms with E-state index in [4.69, 9.17) is 42.6 Å². The van der Waals surface area contributed by atoms with Crippen molar-refractivity contribution in [2.75, 3.05) is 31.6 Å². The van der Waals surface area contributed by atoms with Gasteiger partial charge in [-0.3, -0.25) is 4.79 Å². The number of alkyl halides is 3. The first-order valence-corrected chi connectivity index (χ1v) is 12.0. The molecule has 1 aliphatic heterocycles. The van der Waals surface area contributed by atoms with E-state index in [9.17, 15) is 27.5 Å². The van der Waals surface area contributed by atoms with Crippen LogP contribution in [-0.4, -0.2) is 71.6 Å². The Morgan fingerprint density at radius 1 is 1.13 bits per heavy atom. The maximum Gasteiger partial charge on any atom is 0.490 e. The third-order valence-electron chi connectivity index (χ3n) is 5.13. The van der Waals surface area contributed by atoms with Gasteiger partial charge < -0.3 is 29.9 Å². The van der Waals surface area contributed by atoms with E-state index in [-0.39, 0.29) is 24.4 Å². The topological polar surface area (TPSA) is 108 Å². The van der Waals surface area contributed by atoms with Crippen molar-refractivity contribution in [1.29, 1.82) is 0 Å². The van der Waals surface area contributed by atoms with Gasteiger partial charge in [-0.05, 0) is 37.1 Å². The normalized spacial score (nSPS) is 15.2. The number of halogens is 6. The summed E-state index contributed by atoms with van der Waals surface area (Å²) >= 11 is 12.0. The molecule has 0 unspecified atom stereocenters. The fourth-order valence-electron chi connectivity index (χ4n) is 3.40. The highest BCUT2D eigenvalue weighted by Crippen LogP contribution is 2.28. The van der Waals surface area contributed by atoms with Gasteiger partial charge >= 0.3 is 12.1 Å². The van der Waals surface area contributed by atoms with Crippen molar-refractivity contribution in [3.05, 3.63) is 52.3 Å². The number of aliphatic hydroxyl groups excluding tert-OH is 1. The average molecular weight is 585 g/mol. The molecule has 3 rings (SSSR count). The number of amides is 1. The molecule has 1 saturated heterocycles. The number of benzene rings is 2. The summed E-state index contributed by atoms with van der Waals surface area (Å²) < 4.78 is 56.8. The van der Waals surface area contributed by atoms with E-state index in [1.54, 1.807) is 18.2 Å². The first kappa shape index (κ1) is 31.4. The summed E-state index contributed by atoms with van der Waals surface area (Å²) in [5.41, 5.74) is 0.362. The molecular weight excluding hydrogens is 559 g/mol. The molecule has 1 fully saturated rings. The Morgan fingerprint density at radius 2 is 1.76 bits per heavy atom. The van der Waals surface area contributed by atoms with E-state index in [1.165, 1.54) is 25.1 Å². The maximum absolute atomic E-state index is 13.5. The zero-order valence-corrected chi connectivity index (χ0v) is 21.6. The van der Waals surface area contributed by atoms with Crippen LogP contribution in [0.4, 0.5) is 23.2 Å². The lowest BCUT2D eigenvalue weighted by atomic mass is 10.1. The number of carbonyl (C=O) groups excluding carboxylic acids is 1. The number of carbonyl (C=O) groups is 2. The van der Waals surface area contributed by atoms with Crippen molar-refractivity contribution >= 4 is 40.8 Å². The number of anilines is 1. The number of hydrogen-bond acceptors (Lipinski definition) is 6. The van der Waals surface area contributed by atoms with Crippen LogP contribution in [0.3, 0.4) is 0 Å². The van der Waals surface area contributed by atoms with Crippen LogP contribution in [0.5, 0.6) is 11.5 Å². The van der Waals surface area contributed by atoms with Gasteiger partial charge in [0.15, 0.2) is 0 Å². The number of rotatable bonds is 8. The Morgan fingerprint density at radius 3 is 2.32 bits per heavy atom. The number of nitrogens with zero attached hydrogens (tertiary/aromatic N) is 1. The molecule has 2 aromatic rings. The molecule has 3 N–H and O–H groups in total. The molecule has 0 aliphatic carbocycles. The monoisotopic (exact) mass is 584 g/mol. The highest BCUT2D eigenvalue weighted by atomic mass is 35.5. The van der Waals surface area contributed by atoms with E-state index in [1.807, 2.05) is 0 Å². The second kappa shape index (κ2) is 14.4. The zero-order chi connectivity index (χ0) is 28.5. The lowest BCUT2D eigenvalue weighted by Gasteiger charge is -2.33.